The first kappa shape index (κ1) is 15.1. The van der Waals surface area contributed by atoms with Gasteiger partial charge in [0.05, 0.1) is 17.4 Å². The summed E-state index contributed by atoms with van der Waals surface area (Å²) in [5, 5.41) is 11.5. The first-order valence-electron chi connectivity index (χ1n) is 6.61. The Morgan fingerprint density at radius 2 is 1.90 bits per heavy atom. The minimum atomic E-state index is -0.0294. The van der Waals surface area contributed by atoms with Crippen LogP contribution < -0.4 is 5.32 Å². The fourth-order valence-electron chi connectivity index (χ4n) is 1.85. The van der Waals surface area contributed by atoms with E-state index < -0.39 is 0 Å². The number of thioether (sulfide) groups is 1. The summed E-state index contributed by atoms with van der Waals surface area (Å²) < 4.78 is 0. The van der Waals surface area contributed by atoms with E-state index in [0.29, 0.717) is 11.3 Å². The van der Waals surface area contributed by atoms with Gasteiger partial charge in [0, 0.05) is 11.4 Å². The Bertz CT molecular complexity index is 659. The molecule has 21 heavy (non-hydrogen) atoms. The number of anilines is 1. The molecule has 106 valence electrons. The van der Waals surface area contributed by atoms with Gasteiger partial charge in [0.25, 0.3) is 0 Å². The molecule has 2 aromatic carbocycles. The van der Waals surface area contributed by atoms with Crippen LogP contribution in [-0.2, 0) is 10.5 Å². The van der Waals surface area contributed by atoms with Crippen LogP contribution in [0, 0.1) is 18.3 Å². The number of amides is 1. The number of benzene rings is 2. The van der Waals surface area contributed by atoms with Crippen molar-refractivity contribution in [3.05, 3.63) is 65.2 Å². The Hall–Kier alpha value is -2.25. The Kier molecular flexibility index (Phi) is 5.42. The van der Waals surface area contributed by atoms with Crippen molar-refractivity contribution in [3.8, 4) is 6.07 Å². The summed E-state index contributed by atoms with van der Waals surface area (Å²) >= 11 is 1.59. The van der Waals surface area contributed by atoms with E-state index in [0.717, 1.165) is 11.4 Å². The lowest BCUT2D eigenvalue weighted by Gasteiger charge is -2.07. The van der Waals surface area contributed by atoms with Gasteiger partial charge in [0.1, 0.15) is 0 Å². The predicted molar refractivity (Wildman–Crippen MR) is 87.1 cm³/mol. The Morgan fingerprint density at radius 3 is 2.57 bits per heavy atom. The highest BCUT2D eigenvalue weighted by Gasteiger charge is 2.04. The van der Waals surface area contributed by atoms with Gasteiger partial charge in [-0.25, -0.2) is 0 Å². The first-order chi connectivity index (χ1) is 10.2. The van der Waals surface area contributed by atoms with Crippen molar-refractivity contribution in [2.45, 2.75) is 12.7 Å². The summed E-state index contributed by atoms with van der Waals surface area (Å²) in [4.78, 5) is 11.8. The maximum atomic E-state index is 11.8. The normalized spacial score (nSPS) is 9.90. The molecule has 3 nitrogen and oxygen atoms in total. The maximum absolute atomic E-state index is 11.8. The number of rotatable bonds is 5. The minimum Gasteiger partial charge on any atom is -0.325 e. The highest BCUT2D eigenvalue weighted by atomic mass is 32.2. The second kappa shape index (κ2) is 7.51. The minimum absolute atomic E-state index is 0.0294. The van der Waals surface area contributed by atoms with Gasteiger partial charge in [-0.15, -0.1) is 11.8 Å². The lowest BCUT2D eigenvalue weighted by atomic mass is 10.1. The molecule has 0 saturated carbocycles. The van der Waals surface area contributed by atoms with Crippen molar-refractivity contribution in [2.24, 2.45) is 0 Å². The van der Waals surface area contributed by atoms with Crippen molar-refractivity contribution in [1.82, 2.24) is 0 Å². The van der Waals surface area contributed by atoms with Crippen molar-refractivity contribution in [3.63, 3.8) is 0 Å². The lowest BCUT2D eigenvalue weighted by Crippen LogP contribution is -2.14. The lowest BCUT2D eigenvalue weighted by molar-refractivity contribution is -0.113. The van der Waals surface area contributed by atoms with Crippen molar-refractivity contribution in [1.29, 1.82) is 5.26 Å². The molecular weight excluding hydrogens is 280 g/mol. The van der Waals surface area contributed by atoms with Crippen LogP contribution in [0.3, 0.4) is 0 Å². The summed E-state index contributed by atoms with van der Waals surface area (Å²) in [6, 6.07) is 17.1. The van der Waals surface area contributed by atoms with E-state index in [1.165, 1.54) is 11.1 Å². The third-order valence-corrected chi connectivity index (χ3v) is 4.03. The Morgan fingerprint density at radius 1 is 1.19 bits per heavy atom. The molecule has 4 heteroatoms. The molecule has 0 saturated heterocycles. The van der Waals surface area contributed by atoms with Gasteiger partial charge in [-0.2, -0.15) is 5.26 Å². The molecule has 2 aromatic rings. The molecule has 0 bridgehead atoms. The van der Waals surface area contributed by atoms with E-state index in [1.807, 2.05) is 18.2 Å². The van der Waals surface area contributed by atoms with Crippen LogP contribution in [-0.4, -0.2) is 11.7 Å². The van der Waals surface area contributed by atoms with E-state index in [1.54, 1.807) is 36.0 Å². The average Bonchev–Trinajstić information content (AvgIpc) is 2.50. The number of aryl methyl sites for hydroxylation is 1. The zero-order valence-electron chi connectivity index (χ0n) is 11.8. The van der Waals surface area contributed by atoms with Gasteiger partial charge < -0.3 is 5.32 Å². The molecule has 1 amide bonds. The summed E-state index contributed by atoms with van der Waals surface area (Å²) in [7, 11) is 0. The van der Waals surface area contributed by atoms with Crippen molar-refractivity contribution >= 4 is 23.4 Å². The highest BCUT2D eigenvalue weighted by molar-refractivity contribution is 7.99. The van der Waals surface area contributed by atoms with Crippen LogP contribution in [0.15, 0.2) is 48.5 Å². The van der Waals surface area contributed by atoms with Crippen LogP contribution in [0.2, 0.25) is 0 Å². The Labute approximate surface area is 129 Å². The van der Waals surface area contributed by atoms with Crippen LogP contribution in [0.25, 0.3) is 0 Å². The van der Waals surface area contributed by atoms with E-state index in [2.05, 4.69) is 24.4 Å². The highest BCUT2D eigenvalue weighted by Crippen LogP contribution is 2.16. The van der Waals surface area contributed by atoms with Gasteiger partial charge in [0.15, 0.2) is 0 Å². The van der Waals surface area contributed by atoms with Crippen LogP contribution >= 0.6 is 11.8 Å². The molecule has 1 N–H and O–H groups in total. The molecule has 0 fully saturated rings. The summed E-state index contributed by atoms with van der Waals surface area (Å²) in [6.45, 7) is 2.08. The summed E-state index contributed by atoms with van der Waals surface area (Å²) in [6.07, 6.45) is 0. The van der Waals surface area contributed by atoms with Crippen LogP contribution in [0.5, 0.6) is 0 Å². The fourth-order valence-corrected chi connectivity index (χ4v) is 2.75. The van der Waals surface area contributed by atoms with E-state index in [-0.39, 0.29) is 5.91 Å². The average molecular weight is 296 g/mol. The van der Waals surface area contributed by atoms with Crippen LogP contribution in [0.1, 0.15) is 16.7 Å². The third-order valence-electron chi connectivity index (χ3n) is 3.05. The Balaban J connectivity index is 1.80. The molecule has 0 radical (unpaired) electrons. The van der Waals surface area contributed by atoms with Crippen LogP contribution in [0.4, 0.5) is 5.69 Å². The number of hydrogen-bond donors (Lipinski definition) is 1. The number of nitrogens with one attached hydrogen (secondary N) is 1. The monoisotopic (exact) mass is 296 g/mol. The number of hydrogen-bond acceptors (Lipinski definition) is 3. The molecule has 0 heterocycles. The number of nitrogens with zero attached hydrogens (tertiary/aromatic N) is 1. The first-order valence-corrected chi connectivity index (χ1v) is 7.77. The summed E-state index contributed by atoms with van der Waals surface area (Å²) in [5.74, 6) is 1.21. The SMILES string of the molecule is Cc1ccccc1CSCC(=O)Nc1ccc(C#N)cc1. The molecule has 0 aliphatic carbocycles. The van der Waals surface area contributed by atoms with Crippen molar-refractivity contribution in [2.75, 3.05) is 11.1 Å². The maximum Gasteiger partial charge on any atom is 0.234 e. The van der Waals surface area contributed by atoms with Gasteiger partial charge >= 0.3 is 0 Å². The zero-order valence-corrected chi connectivity index (χ0v) is 12.6. The van der Waals surface area contributed by atoms with Gasteiger partial charge in [-0.3, -0.25) is 4.79 Å². The van der Waals surface area contributed by atoms with Gasteiger partial charge in [0.2, 0.25) is 5.91 Å². The molecule has 0 aliphatic heterocycles. The molecule has 0 aliphatic rings. The second-order valence-electron chi connectivity index (χ2n) is 4.66. The number of carbonyl (C=O) groups is 1. The topological polar surface area (TPSA) is 52.9 Å². The second-order valence-corrected chi connectivity index (χ2v) is 5.64. The molecule has 0 unspecified atom stereocenters. The quantitative estimate of drug-likeness (QED) is 0.914. The molecule has 2 rings (SSSR count). The smallest absolute Gasteiger partial charge is 0.234 e. The fraction of sp³-hybridized carbons (Fsp3) is 0.176. The van der Waals surface area contributed by atoms with Gasteiger partial charge in [-0.05, 0) is 42.3 Å². The molecule has 0 spiro atoms. The standard InChI is InChI=1S/C17H16N2OS/c1-13-4-2-3-5-15(13)11-21-12-17(20)19-16-8-6-14(10-18)7-9-16/h2-9H,11-12H2,1H3,(H,19,20). The summed E-state index contributed by atoms with van der Waals surface area (Å²) in [5.41, 5.74) is 3.81. The van der Waals surface area contributed by atoms with E-state index >= 15 is 0 Å². The molecular formula is C17H16N2OS. The zero-order chi connectivity index (χ0) is 15.1. The largest absolute Gasteiger partial charge is 0.325 e. The predicted octanol–water partition coefficient (Wildman–Crippen LogP) is 3.74. The van der Waals surface area contributed by atoms with E-state index in [9.17, 15) is 4.79 Å². The third kappa shape index (κ3) is 4.66. The van der Waals surface area contributed by atoms with E-state index in [4.69, 9.17) is 5.26 Å². The number of carbonyl (C=O) groups excluding carboxylic acids is 1. The number of nitriles is 1. The van der Waals surface area contributed by atoms with Gasteiger partial charge in [-0.1, -0.05) is 24.3 Å². The molecule has 0 aromatic heterocycles. The molecule has 0 atom stereocenters. The van der Waals surface area contributed by atoms with Crippen molar-refractivity contribution < 1.29 is 4.79 Å².